The predicted octanol–water partition coefficient (Wildman–Crippen LogP) is 2.87. The van der Waals surface area contributed by atoms with Crippen molar-refractivity contribution in [3.05, 3.63) is 60.2 Å². The lowest BCUT2D eigenvalue weighted by molar-refractivity contribution is -0.148. The number of benzene rings is 2. The average molecular weight is 459 g/mol. The second-order valence-electron chi connectivity index (χ2n) is 7.67. The van der Waals surface area contributed by atoms with Crippen molar-refractivity contribution in [2.45, 2.75) is 33.0 Å². The number of esters is 2. The molecule has 8 nitrogen and oxygen atoms in total. The normalized spacial score (nSPS) is 12.5. The van der Waals surface area contributed by atoms with Gasteiger partial charge in [-0.1, -0.05) is 37.4 Å². The van der Waals surface area contributed by atoms with Crippen molar-refractivity contribution in [1.29, 1.82) is 0 Å². The topological polar surface area (TPSA) is 112 Å². The Bertz CT molecular complexity index is 1030. The van der Waals surface area contributed by atoms with Crippen LogP contribution in [0.4, 0.5) is 0 Å². The molecule has 2 atom stereocenters. The molecule has 0 aliphatic carbocycles. The number of carbonyl (C=O) groups excluding carboxylic acids is 2. The van der Waals surface area contributed by atoms with Crippen molar-refractivity contribution in [2.24, 2.45) is 0 Å². The van der Waals surface area contributed by atoms with Crippen molar-refractivity contribution >= 4 is 22.7 Å². The highest BCUT2D eigenvalue weighted by molar-refractivity contribution is 5.94. The summed E-state index contributed by atoms with van der Waals surface area (Å²) >= 11 is 0. The van der Waals surface area contributed by atoms with Crippen LogP contribution in [0.15, 0.2) is 54.6 Å². The molecule has 2 unspecified atom stereocenters. The molecule has 2 N–H and O–H groups in total. The van der Waals surface area contributed by atoms with Gasteiger partial charge in [-0.05, 0) is 32.4 Å². The van der Waals surface area contributed by atoms with E-state index in [1.165, 1.54) is 13.8 Å². The number of ether oxygens (including phenoxy) is 4. The van der Waals surface area contributed by atoms with Crippen LogP contribution in [0.3, 0.4) is 0 Å². The summed E-state index contributed by atoms with van der Waals surface area (Å²) in [7, 11) is 0. The number of carbonyl (C=O) groups is 2. The Morgan fingerprint density at radius 2 is 1.36 bits per heavy atom. The summed E-state index contributed by atoms with van der Waals surface area (Å²) in [4.78, 5) is 23.5. The summed E-state index contributed by atoms with van der Waals surface area (Å²) < 4.78 is 22.1. The van der Waals surface area contributed by atoms with Gasteiger partial charge in [-0.2, -0.15) is 0 Å². The summed E-state index contributed by atoms with van der Waals surface area (Å²) in [5.74, 6) is -0.134. The number of aliphatic hydroxyl groups excluding tert-OH is 2. The van der Waals surface area contributed by atoms with Gasteiger partial charge in [0.25, 0.3) is 0 Å². The van der Waals surface area contributed by atoms with E-state index >= 15 is 0 Å². The van der Waals surface area contributed by atoms with E-state index in [0.717, 1.165) is 16.3 Å². The van der Waals surface area contributed by atoms with Crippen molar-refractivity contribution in [1.82, 2.24) is 0 Å². The Morgan fingerprint density at radius 3 is 1.85 bits per heavy atom. The second kappa shape index (κ2) is 12.0. The number of fused-ring (bicyclic) bond motifs is 1. The molecular formula is C25H30O8. The Labute approximate surface area is 193 Å². The summed E-state index contributed by atoms with van der Waals surface area (Å²) in [6.07, 6.45) is -1.70. The van der Waals surface area contributed by atoms with Crippen LogP contribution in [0.5, 0.6) is 11.5 Å². The molecule has 0 fully saturated rings. The zero-order valence-corrected chi connectivity index (χ0v) is 19.1. The Balaban J connectivity index is 2.21. The molecule has 0 saturated carbocycles. The lowest BCUT2D eigenvalue weighted by Crippen LogP contribution is -2.29. The molecule has 0 aliphatic heterocycles. The van der Waals surface area contributed by atoms with E-state index in [2.05, 4.69) is 13.2 Å². The molecule has 0 heterocycles. The predicted molar refractivity (Wildman–Crippen MR) is 123 cm³/mol. The molecule has 2 aromatic carbocycles. The standard InChI is InChI=1S/C25H30O8/c1-15(2)24(28)32-18(11-26)13-30-22-10-17(5)23(21-9-7-6-8-20(21)22)31-14-19(12-27)33-25(29)16(3)4/h6-10,18-19,26-27H,1,3,11-14H2,2,4-5H3. The van der Waals surface area contributed by atoms with Crippen molar-refractivity contribution in [3.63, 3.8) is 0 Å². The smallest absolute Gasteiger partial charge is 0.333 e. The molecule has 2 rings (SSSR count). The molecule has 0 saturated heterocycles. The third-order valence-corrected chi connectivity index (χ3v) is 4.63. The summed E-state index contributed by atoms with van der Waals surface area (Å²) in [6.45, 7) is 11.0. The Morgan fingerprint density at radius 1 is 0.879 bits per heavy atom. The molecule has 178 valence electrons. The minimum atomic E-state index is -0.850. The van der Waals surface area contributed by atoms with Crippen LogP contribution in [0.25, 0.3) is 10.8 Å². The molecule has 0 amide bonds. The first-order valence-corrected chi connectivity index (χ1v) is 10.4. The van der Waals surface area contributed by atoms with Crippen LogP contribution in [0.2, 0.25) is 0 Å². The fourth-order valence-electron chi connectivity index (χ4n) is 2.87. The van der Waals surface area contributed by atoms with Crippen LogP contribution >= 0.6 is 0 Å². The van der Waals surface area contributed by atoms with E-state index in [0.29, 0.717) is 11.5 Å². The molecule has 2 aromatic rings. The number of hydrogen-bond donors (Lipinski definition) is 2. The highest BCUT2D eigenvalue weighted by Crippen LogP contribution is 2.36. The third kappa shape index (κ3) is 7.06. The van der Waals surface area contributed by atoms with E-state index in [-0.39, 0.29) is 24.4 Å². The van der Waals surface area contributed by atoms with E-state index < -0.39 is 37.4 Å². The Hall–Kier alpha value is -3.36. The fraction of sp³-hybridized carbons (Fsp3) is 0.360. The van der Waals surface area contributed by atoms with E-state index in [1.807, 2.05) is 31.2 Å². The van der Waals surface area contributed by atoms with Gasteiger partial charge in [0.1, 0.15) is 24.7 Å². The van der Waals surface area contributed by atoms with Gasteiger partial charge in [0.15, 0.2) is 12.2 Å². The van der Waals surface area contributed by atoms with Gasteiger partial charge in [0.2, 0.25) is 0 Å². The largest absolute Gasteiger partial charge is 0.489 e. The van der Waals surface area contributed by atoms with Crippen molar-refractivity contribution < 1.29 is 38.7 Å². The van der Waals surface area contributed by atoms with Gasteiger partial charge in [-0.3, -0.25) is 0 Å². The highest BCUT2D eigenvalue weighted by atomic mass is 16.6. The SMILES string of the molecule is C=C(C)C(=O)OC(CO)COc1cc(C)c(OCC(CO)OC(=O)C(=C)C)c2ccccc12. The number of aliphatic hydroxyl groups is 2. The molecule has 0 bridgehead atoms. The number of hydrogen-bond acceptors (Lipinski definition) is 8. The maximum atomic E-state index is 11.7. The van der Waals surface area contributed by atoms with Crippen LogP contribution in [-0.4, -0.2) is 60.8 Å². The molecule has 0 aliphatic rings. The van der Waals surface area contributed by atoms with Crippen molar-refractivity contribution in [3.8, 4) is 11.5 Å². The molecular weight excluding hydrogens is 428 g/mol. The molecule has 33 heavy (non-hydrogen) atoms. The zero-order chi connectivity index (χ0) is 24.5. The van der Waals surface area contributed by atoms with Crippen LogP contribution in [0, 0.1) is 6.92 Å². The third-order valence-electron chi connectivity index (χ3n) is 4.63. The first-order valence-electron chi connectivity index (χ1n) is 10.4. The quantitative estimate of drug-likeness (QED) is 0.369. The molecule has 0 aromatic heterocycles. The van der Waals surface area contributed by atoms with Crippen LogP contribution in [-0.2, 0) is 19.1 Å². The fourth-order valence-corrected chi connectivity index (χ4v) is 2.87. The summed E-state index contributed by atoms with van der Waals surface area (Å²) in [5.41, 5.74) is 1.20. The second-order valence-corrected chi connectivity index (χ2v) is 7.67. The minimum absolute atomic E-state index is 0.0516. The van der Waals surface area contributed by atoms with Crippen molar-refractivity contribution in [2.75, 3.05) is 26.4 Å². The number of aryl methyl sites for hydroxylation is 1. The minimum Gasteiger partial charge on any atom is -0.489 e. The van der Waals surface area contributed by atoms with Crippen LogP contribution in [0.1, 0.15) is 19.4 Å². The van der Waals surface area contributed by atoms with Gasteiger partial charge in [-0.25, -0.2) is 9.59 Å². The van der Waals surface area contributed by atoms with E-state index in [9.17, 15) is 19.8 Å². The maximum absolute atomic E-state index is 11.7. The maximum Gasteiger partial charge on any atom is 0.333 e. The molecule has 0 radical (unpaired) electrons. The van der Waals surface area contributed by atoms with Gasteiger partial charge < -0.3 is 29.2 Å². The lowest BCUT2D eigenvalue weighted by atomic mass is 10.0. The summed E-state index contributed by atoms with van der Waals surface area (Å²) in [5, 5.41) is 20.5. The van der Waals surface area contributed by atoms with E-state index in [1.54, 1.807) is 6.07 Å². The van der Waals surface area contributed by atoms with Gasteiger partial charge in [-0.15, -0.1) is 0 Å². The van der Waals surface area contributed by atoms with Gasteiger partial charge >= 0.3 is 11.9 Å². The highest BCUT2D eigenvalue weighted by Gasteiger charge is 2.19. The first kappa shape index (κ1) is 25.9. The lowest BCUT2D eigenvalue weighted by Gasteiger charge is -2.21. The Kier molecular flexibility index (Phi) is 9.44. The molecule has 0 spiro atoms. The van der Waals surface area contributed by atoms with Gasteiger partial charge in [0.05, 0.1) is 13.2 Å². The summed E-state index contributed by atoms with van der Waals surface area (Å²) in [6, 6.07) is 9.14. The average Bonchev–Trinajstić information content (AvgIpc) is 2.79. The number of rotatable bonds is 12. The van der Waals surface area contributed by atoms with E-state index in [4.69, 9.17) is 18.9 Å². The van der Waals surface area contributed by atoms with Gasteiger partial charge in [0, 0.05) is 21.9 Å². The first-order chi connectivity index (χ1) is 15.7. The zero-order valence-electron chi connectivity index (χ0n) is 19.1. The monoisotopic (exact) mass is 458 g/mol. The molecule has 8 heteroatoms. The van der Waals surface area contributed by atoms with Crippen LogP contribution < -0.4 is 9.47 Å².